The van der Waals surface area contributed by atoms with Crippen molar-refractivity contribution in [1.29, 1.82) is 0 Å². The summed E-state index contributed by atoms with van der Waals surface area (Å²) in [7, 11) is 1.90. The van der Waals surface area contributed by atoms with Gasteiger partial charge in [-0.1, -0.05) is 12.1 Å². The summed E-state index contributed by atoms with van der Waals surface area (Å²) >= 11 is 0. The Morgan fingerprint density at radius 1 is 1.27 bits per heavy atom. The number of hydrogen-bond donors (Lipinski definition) is 3. The number of pyridine rings is 1. The van der Waals surface area contributed by atoms with Gasteiger partial charge in [0.15, 0.2) is 23.6 Å². The quantitative estimate of drug-likeness (QED) is 0.201. The Morgan fingerprint density at radius 2 is 2.11 bits per heavy atom. The first-order chi connectivity index (χ1) is 21.8. The van der Waals surface area contributed by atoms with E-state index in [1.165, 1.54) is 17.5 Å². The summed E-state index contributed by atoms with van der Waals surface area (Å²) in [6.45, 7) is 0.0611. The number of carbonyl (C=O) groups excluding carboxylic acids is 1. The first-order valence-electron chi connectivity index (χ1n) is 14.8. The van der Waals surface area contributed by atoms with E-state index < -0.39 is 24.9 Å². The molecule has 1 aromatic carbocycles. The number of carbonyl (C=O) groups is 2. The van der Waals surface area contributed by atoms with Crippen molar-refractivity contribution in [1.82, 2.24) is 34.3 Å². The lowest BCUT2D eigenvalue weighted by Gasteiger charge is -2.30. The number of hydrogen-bond acceptors (Lipinski definition) is 8. The fourth-order valence-corrected chi connectivity index (χ4v) is 6.00. The molecule has 13 nitrogen and oxygen atoms in total. The Kier molecular flexibility index (Phi) is 7.36. The number of para-hydroxylation sites is 1. The van der Waals surface area contributed by atoms with Crippen LogP contribution in [0.3, 0.4) is 0 Å². The predicted octanol–water partition coefficient (Wildman–Crippen LogP) is 3.70. The molecule has 7 rings (SSSR count). The number of oxazole rings is 1. The molecule has 4 aromatic heterocycles. The second-order valence-electron chi connectivity index (χ2n) is 11.6. The fraction of sp³-hybridized carbons (Fsp3) is 0.387. The van der Waals surface area contributed by atoms with Gasteiger partial charge >= 0.3 is 6.09 Å². The minimum atomic E-state index is -1.34. The topological polar surface area (TPSA) is 161 Å². The van der Waals surface area contributed by atoms with E-state index in [1.807, 2.05) is 29.8 Å². The van der Waals surface area contributed by atoms with Gasteiger partial charge < -0.3 is 38.7 Å². The van der Waals surface area contributed by atoms with Gasteiger partial charge in [-0.05, 0) is 37.0 Å². The van der Waals surface area contributed by atoms with E-state index >= 15 is 0 Å². The molecule has 1 saturated carbocycles. The number of fused-ring (bicyclic) bond motifs is 3. The van der Waals surface area contributed by atoms with Gasteiger partial charge in [0, 0.05) is 38.5 Å². The van der Waals surface area contributed by atoms with E-state index in [9.17, 15) is 19.1 Å². The van der Waals surface area contributed by atoms with Crippen molar-refractivity contribution < 1.29 is 33.3 Å². The summed E-state index contributed by atoms with van der Waals surface area (Å²) in [6.07, 6.45) is 3.13. The second kappa shape index (κ2) is 11.5. The van der Waals surface area contributed by atoms with E-state index in [4.69, 9.17) is 24.2 Å². The molecule has 3 N–H and O–H groups in total. The van der Waals surface area contributed by atoms with Crippen LogP contribution < -0.4 is 10.1 Å². The lowest BCUT2D eigenvalue weighted by molar-refractivity contribution is 0.0712. The number of nitrogens with zero attached hydrogens (tertiary/aromatic N) is 6. The van der Waals surface area contributed by atoms with Crippen molar-refractivity contribution in [2.75, 3.05) is 26.4 Å². The van der Waals surface area contributed by atoms with Crippen LogP contribution in [-0.4, -0.2) is 83.6 Å². The minimum Gasteiger partial charge on any atom is -0.488 e. The Labute approximate surface area is 256 Å². The molecule has 0 radical (unpaired) electrons. The molecule has 1 fully saturated rings. The lowest BCUT2D eigenvalue weighted by atomic mass is 10.0. The van der Waals surface area contributed by atoms with Gasteiger partial charge in [0.25, 0.3) is 5.91 Å². The van der Waals surface area contributed by atoms with Crippen LogP contribution in [0, 0.1) is 5.92 Å². The van der Waals surface area contributed by atoms with Crippen molar-refractivity contribution >= 4 is 34.1 Å². The van der Waals surface area contributed by atoms with Crippen LogP contribution in [0.25, 0.3) is 33.6 Å². The van der Waals surface area contributed by atoms with Crippen molar-refractivity contribution in [3.8, 4) is 17.3 Å². The number of carboxylic acid groups (broad SMARTS) is 1. The summed E-state index contributed by atoms with van der Waals surface area (Å²) in [6, 6.07) is 8.57. The van der Waals surface area contributed by atoms with Crippen LogP contribution in [-0.2, 0) is 20.0 Å². The molecule has 2 amide bonds. The molecule has 0 spiro atoms. The molecule has 0 saturated heterocycles. The summed E-state index contributed by atoms with van der Waals surface area (Å²) in [4.78, 5) is 39.5. The number of aliphatic hydroxyl groups excluding tert-OH is 1. The second-order valence-corrected chi connectivity index (χ2v) is 11.6. The molecule has 2 atom stereocenters. The highest BCUT2D eigenvalue weighted by molar-refractivity contribution is 5.99. The van der Waals surface area contributed by atoms with Gasteiger partial charge in [-0.2, -0.15) is 0 Å². The van der Waals surface area contributed by atoms with Gasteiger partial charge in [0.05, 0.1) is 34.7 Å². The zero-order valence-corrected chi connectivity index (χ0v) is 24.5. The molecule has 2 aliphatic rings. The first-order valence-corrected chi connectivity index (χ1v) is 14.8. The molecular formula is C31H32FN7O6. The average molecular weight is 618 g/mol. The van der Waals surface area contributed by atoms with Crippen LogP contribution in [0.2, 0.25) is 0 Å². The van der Waals surface area contributed by atoms with Crippen LogP contribution in [0.4, 0.5) is 9.18 Å². The zero-order valence-electron chi connectivity index (χ0n) is 24.5. The van der Waals surface area contributed by atoms with Crippen molar-refractivity contribution in [2.45, 2.75) is 38.0 Å². The molecule has 0 bridgehead atoms. The van der Waals surface area contributed by atoms with E-state index in [0.29, 0.717) is 58.6 Å². The third-order valence-corrected chi connectivity index (χ3v) is 8.44. The SMILES string of the molecule is Cn1c(-c2cc3cccc(OCC(O)c4cnco4)c3n2CC2CC2)nc2cc3c(nc21)CCN(CC(CF)NC(=O)O)C3=O. The van der Waals surface area contributed by atoms with Crippen molar-refractivity contribution in [2.24, 2.45) is 13.0 Å². The molecular weight excluding hydrogens is 585 g/mol. The molecule has 5 heterocycles. The number of aliphatic hydroxyl groups is 1. The summed E-state index contributed by atoms with van der Waals surface area (Å²) in [5, 5.41) is 22.6. The number of halogens is 1. The highest BCUT2D eigenvalue weighted by Crippen LogP contribution is 2.39. The summed E-state index contributed by atoms with van der Waals surface area (Å²) in [5.41, 5.74) is 3.95. The lowest BCUT2D eigenvalue weighted by Crippen LogP contribution is -2.48. The summed E-state index contributed by atoms with van der Waals surface area (Å²) < 4.78 is 28.9. The van der Waals surface area contributed by atoms with E-state index in [1.54, 1.807) is 6.07 Å². The van der Waals surface area contributed by atoms with Crippen molar-refractivity contribution in [3.63, 3.8) is 0 Å². The number of rotatable bonds is 11. The van der Waals surface area contributed by atoms with Crippen LogP contribution in [0.1, 0.15) is 40.8 Å². The maximum atomic E-state index is 13.5. The predicted molar refractivity (Wildman–Crippen MR) is 160 cm³/mol. The number of amides is 2. The molecule has 1 aliphatic carbocycles. The molecule has 45 heavy (non-hydrogen) atoms. The average Bonchev–Trinajstić information content (AvgIpc) is 3.39. The van der Waals surface area contributed by atoms with Gasteiger partial charge in [-0.25, -0.2) is 24.1 Å². The number of benzene rings is 1. The molecule has 2 unspecified atom stereocenters. The Hall–Kier alpha value is -4.98. The van der Waals surface area contributed by atoms with Gasteiger partial charge in [-0.15, -0.1) is 0 Å². The first kappa shape index (κ1) is 28.8. The van der Waals surface area contributed by atoms with Crippen molar-refractivity contribution in [3.05, 3.63) is 59.9 Å². The maximum Gasteiger partial charge on any atom is 0.405 e. The zero-order chi connectivity index (χ0) is 31.2. The minimum absolute atomic E-state index is 0.0104. The monoisotopic (exact) mass is 617 g/mol. The van der Waals surface area contributed by atoms with Crippen LogP contribution in [0.5, 0.6) is 5.75 Å². The van der Waals surface area contributed by atoms with E-state index in [-0.39, 0.29) is 19.1 Å². The Bertz CT molecular complexity index is 1900. The molecule has 5 aromatic rings. The number of imidazole rings is 1. The number of aromatic nitrogens is 5. The number of aryl methyl sites for hydroxylation is 1. The third kappa shape index (κ3) is 5.45. The third-order valence-electron chi connectivity index (χ3n) is 8.44. The highest BCUT2D eigenvalue weighted by Gasteiger charge is 2.31. The molecule has 14 heteroatoms. The highest BCUT2D eigenvalue weighted by atomic mass is 19.1. The molecule has 234 valence electrons. The maximum absolute atomic E-state index is 13.5. The summed E-state index contributed by atoms with van der Waals surface area (Å²) in [5.74, 6) is 1.82. The standard InChI is InChI=1S/C31H32FN7O6/c1-37-28-22(10-20-21(35-28)7-8-38(30(20)41)14-19(11-32)34-31(42)43)36-29(37)23-9-18-3-2-4-25(27(18)39(23)13-17-5-6-17)44-15-24(40)26-12-33-16-45-26/h2-4,9-10,12,16-17,19,24,34,40H,5-8,11,13-15H2,1H3,(H,42,43). The number of ether oxygens (including phenoxy) is 1. The molecule has 1 aliphatic heterocycles. The van der Waals surface area contributed by atoms with E-state index in [0.717, 1.165) is 36.0 Å². The Morgan fingerprint density at radius 3 is 2.84 bits per heavy atom. The smallest absolute Gasteiger partial charge is 0.405 e. The normalized spacial score (nSPS) is 16.2. The van der Waals surface area contributed by atoms with E-state index in [2.05, 4.69) is 20.9 Å². The van der Waals surface area contributed by atoms with Gasteiger partial charge in [0.1, 0.15) is 30.7 Å². The van der Waals surface area contributed by atoms with Crippen LogP contribution in [0.15, 0.2) is 47.3 Å². The fourth-order valence-electron chi connectivity index (χ4n) is 6.00. The largest absolute Gasteiger partial charge is 0.488 e. The Balaban J connectivity index is 1.24. The number of nitrogens with one attached hydrogen (secondary N) is 1. The number of alkyl halides is 1. The van der Waals surface area contributed by atoms with Gasteiger partial charge in [-0.3, -0.25) is 4.79 Å². The van der Waals surface area contributed by atoms with Gasteiger partial charge in [0.2, 0.25) is 0 Å². The van der Waals surface area contributed by atoms with Crippen LogP contribution >= 0.6 is 0 Å².